The number of benzene rings is 3. The number of amides is 1. The third-order valence-electron chi connectivity index (χ3n) is 4.74. The molecule has 3 rings (SSSR count). The second-order valence-electron chi connectivity index (χ2n) is 6.91. The first kappa shape index (κ1) is 21.9. The molecule has 0 aliphatic heterocycles. The first-order chi connectivity index (χ1) is 14.3. The molecular formula is C23H23ClN2O3S. The highest BCUT2D eigenvalue weighted by atomic mass is 35.5. The molecule has 0 bridgehead atoms. The molecule has 5 nitrogen and oxygen atoms in total. The smallest absolute Gasteiger partial charge is 0.263 e. The van der Waals surface area contributed by atoms with Crippen molar-refractivity contribution < 1.29 is 13.2 Å². The van der Waals surface area contributed by atoms with Crippen LogP contribution in [0.5, 0.6) is 0 Å². The largest absolute Gasteiger partial charge is 0.346 e. The number of sulfonamides is 1. The molecule has 0 radical (unpaired) electrons. The standard InChI is InChI=1S/C23H23ClN2O3S/c1-3-17-9-11-18(12-10-17)16(2)25-23(27)19-13-14-21(24)22(15-19)30(28,29)26-20-7-5-4-6-8-20/h4-16,26H,3H2,1-2H3,(H,25,27)/t16-/m1/s1. The molecule has 0 unspecified atom stereocenters. The van der Waals surface area contributed by atoms with Gasteiger partial charge in [0.1, 0.15) is 4.90 Å². The van der Waals surface area contributed by atoms with Crippen LogP contribution in [0, 0.1) is 0 Å². The molecule has 7 heteroatoms. The second kappa shape index (κ2) is 9.32. The Morgan fingerprint density at radius 1 is 1.00 bits per heavy atom. The predicted octanol–water partition coefficient (Wildman–Crippen LogP) is 5.19. The number of rotatable bonds is 7. The lowest BCUT2D eigenvalue weighted by atomic mass is 10.0. The zero-order chi connectivity index (χ0) is 21.7. The molecule has 0 saturated heterocycles. The van der Waals surface area contributed by atoms with Crippen LogP contribution in [-0.2, 0) is 16.4 Å². The Morgan fingerprint density at radius 2 is 1.67 bits per heavy atom. The van der Waals surface area contributed by atoms with Gasteiger partial charge in [-0.1, -0.05) is 61.0 Å². The van der Waals surface area contributed by atoms with Gasteiger partial charge in [-0.3, -0.25) is 9.52 Å². The quantitative estimate of drug-likeness (QED) is 0.528. The summed E-state index contributed by atoms with van der Waals surface area (Å²) in [6.07, 6.45) is 0.945. The molecule has 3 aromatic carbocycles. The SMILES string of the molecule is CCc1ccc([C@@H](C)NC(=O)c2ccc(Cl)c(S(=O)(=O)Nc3ccccc3)c2)cc1. The van der Waals surface area contributed by atoms with Gasteiger partial charge in [0.25, 0.3) is 15.9 Å². The Balaban J connectivity index is 1.80. The van der Waals surface area contributed by atoms with Crippen molar-refractivity contribution in [2.75, 3.05) is 4.72 Å². The van der Waals surface area contributed by atoms with E-state index < -0.39 is 10.0 Å². The van der Waals surface area contributed by atoms with Gasteiger partial charge in [0.15, 0.2) is 0 Å². The summed E-state index contributed by atoms with van der Waals surface area (Å²) in [7, 11) is -3.95. The molecular weight excluding hydrogens is 420 g/mol. The highest BCUT2D eigenvalue weighted by Gasteiger charge is 2.21. The van der Waals surface area contributed by atoms with Crippen molar-refractivity contribution >= 4 is 33.2 Å². The van der Waals surface area contributed by atoms with E-state index >= 15 is 0 Å². The lowest BCUT2D eigenvalue weighted by Gasteiger charge is -2.16. The lowest BCUT2D eigenvalue weighted by molar-refractivity contribution is 0.0939. The van der Waals surface area contributed by atoms with E-state index in [1.807, 2.05) is 31.2 Å². The molecule has 156 valence electrons. The van der Waals surface area contributed by atoms with Crippen LogP contribution >= 0.6 is 11.6 Å². The maximum Gasteiger partial charge on any atom is 0.263 e. The van der Waals surface area contributed by atoms with Crippen molar-refractivity contribution in [3.05, 3.63) is 94.5 Å². The lowest BCUT2D eigenvalue weighted by Crippen LogP contribution is -2.27. The molecule has 0 spiro atoms. The number of nitrogens with one attached hydrogen (secondary N) is 2. The number of anilines is 1. The number of halogens is 1. The Morgan fingerprint density at radius 3 is 2.30 bits per heavy atom. The summed E-state index contributed by atoms with van der Waals surface area (Å²) in [5.74, 6) is -0.380. The van der Waals surface area contributed by atoms with Crippen LogP contribution in [-0.4, -0.2) is 14.3 Å². The molecule has 0 aliphatic carbocycles. The van der Waals surface area contributed by atoms with Crippen molar-refractivity contribution in [1.82, 2.24) is 5.32 Å². The maximum absolute atomic E-state index is 12.8. The van der Waals surface area contributed by atoms with Gasteiger partial charge in [-0.05, 0) is 54.8 Å². The van der Waals surface area contributed by atoms with Crippen LogP contribution in [0.4, 0.5) is 5.69 Å². The molecule has 0 aromatic heterocycles. The van der Waals surface area contributed by atoms with Gasteiger partial charge >= 0.3 is 0 Å². The number of aryl methyl sites for hydroxylation is 1. The average molecular weight is 443 g/mol. The van der Waals surface area contributed by atoms with Crippen molar-refractivity contribution in [2.24, 2.45) is 0 Å². The average Bonchev–Trinajstić information content (AvgIpc) is 2.74. The third-order valence-corrected chi connectivity index (χ3v) is 6.61. The number of para-hydroxylation sites is 1. The van der Waals surface area contributed by atoms with E-state index in [2.05, 4.69) is 17.0 Å². The molecule has 0 saturated carbocycles. The topological polar surface area (TPSA) is 75.3 Å². The Bertz CT molecular complexity index is 1130. The zero-order valence-electron chi connectivity index (χ0n) is 16.7. The molecule has 0 heterocycles. The van der Waals surface area contributed by atoms with Crippen molar-refractivity contribution in [3.8, 4) is 0 Å². The van der Waals surface area contributed by atoms with E-state index in [0.717, 1.165) is 12.0 Å². The predicted molar refractivity (Wildman–Crippen MR) is 120 cm³/mol. The molecule has 2 N–H and O–H groups in total. The van der Waals surface area contributed by atoms with E-state index in [1.54, 1.807) is 30.3 Å². The highest BCUT2D eigenvalue weighted by Crippen LogP contribution is 2.25. The Labute approximate surface area is 182 Å². The summed E-state index contributed by atoms with van der Waals surface area (Å²) in [6, 6.07) is 20.5. The summed E-state index contributed by atoms with van der Waals surface area (Å²) >= 11 is 6.13. The van der Waals surface area contributed by atoms with Gasteiger partial charge in [0.05, 0.1) is 11.1 Å². The summed E-state index contributed by atoms with van der Waals surface area (Å²) in [5.41, 5.74) is 2.81. The number of hydrogen-bond acceptors (Lipinski definition) is 3. The van der Waals surface area contributed by atoms with Crippen LogP contribution in [0.2, 0.25) is 5.02 Å². The van der Waals surface area contributed by atoms with E-state index in [4.69, 9.17) is 11.6 Å². The van der Waals surface area contributed by atoms with Gasteiger partial charge in [-0.25, -0.2) is 8.42 Å². The minimum absolute atomic E-state index is 0.0400. The summed E-state index contributed by atoms with van der Waals surface area (Å²) in [4.78, 5) is 12.6. The van der Waals surface area contributed by atoms with Crippen LogP contribution in [0.3, 0.4) is 0 Å². The normalized spacial score (nSPS) is 12.2. The van der Waals surface area contributed by atoms with Gasteiger partial charge in [-0.15, -0.1) is 0 Å². The van der Waals surface area contributed by atoms with Crippen LogP contribution in [0.1, 0.15) is 41.4 Å². The maximum atomic E-state index is 12.8. The Kier molecular flexibility index (Phi) is 6.80. The molecule has 30 heavy (non-hydrogen) atoms. The molecule has 0 fully saturated rings. The fourth-order valence-corrected chi connectivity index (χ4v) is 4.56. The van der Waals surface area contributed by atoms with Crippen molar-refractivity contribution in [2.45, 2.75) is 31.2 Å². The highest BCUT2D eigenvalue weighted by molar-refractivity contribution is 7.92. The van der Waals surface area contributed by atoms with Gasteiger partial charge in [0, 0.05) is 11.3 Å². The van der Waals surface area contributed by atoms with Gasteiger partial charge in [0.2, 0.25) is 0 Å². The molecule has 1 atom stereocenters. The van der Waals surface area contributed by atoms with Crippen LogP contribution in [0.15, 0.2) is 77.7 Å². The van der Waals surface area contributed by atoms with Crippen molar-refractivity contribution in [3.63, 3.8) is 0 Å². The number of carbonyl (C=O) groups is 1. The van der Waals surface area contributed by atoms with Gasteiger partial charge in [-0.2, -0.15) is 0 Å². The minimum Gasteiger partial charge on any atom is -0.346 e. The van der Waals surface area contributed by atoms with Crippen LogP contribution in [0.25, 0.3) is 0 Å². The Hall–Kier alpha value is -2.83. The monoisotopic (exact) mass is 442 g/mol. The third kappa shape index (κ3) is 5.20. The summed E-state index contributed by atoms with van der Waals surface area (Å²) in [5, 5.41) is 2.94. The minimum atomic E-state index is -3.95. The van der Waals surface area contributed by atoms with E-state index in [1.165, 1.54) is 23.8 Å². The number of hydrogen-bond donors (Lipinski definition) is 2. The van der Waals surface area contributed by atoms with E-state index in [-0.39, 0.29) is 27.4 Å². The first-order valence-corrected chi connectivity index (χ1v) is 11.4. The first-order valence-electron chi connectivity index (χ1n) is 9.57. The van der Waals surface area contributed by atoms with E-state index in [0.29, 0.717) is 5.69 Å². The van der Waals surface area contributed by atoms with Crippen molar-refractivity contribution in [1.29, 1.82) is 0 Å². The summed E-state index contributed by atoms with van der Waals surface area (Å²) < 4.78 is 28.0. The fraction of sp³-hybridized carbons (Fsp3) is 0.174. The molecule has 3 aromatic rings. The molecule has 0 aliphatic rings. The summed E-state index contributed by atoms with van der Waals surface area (Å²) in [6.45, 7) is 3.96. The zero-order valence-corrected chi connectivity index (χ0v) is 18.3. The number of carbonyl (C=O) groups excluding carboxylic acids is 1. The van der Waals surface area contributed by atoms with E-state index in [9.17, 15) is 13.2 Å². The van der Waals surface area contributed by atoms with Gasteiger partial charge < -0.3 is 5.32 Å². The fourth-order valence-electron chi connectivity index (χ4n) is 2.97. The second-order valence-corrected chi connectivity index (χ2v) is 8.97. The molecule has 1 amide bonds. The van der Waals surface area contributed by atoms with Crippen LogP contribution < -0.4 is 10.0 Å².